The molecule has 1 fully saturated rings. The summed E-state index contributed by atoms with van der Waals surface area (Å²) in [7, 11) is 0. The number of likely N-dealkylation sites (tertiary alicyclic amines) is 1. The van der Waals surface area contributed by atoms with E-state index in [-0.39, 0.29) is 0 Å². The Labute approximate surface area is 145 Å². The monoisotopic (exact) mass is 335 g/mol. The van der Waals surface area contributed by atoms with Gasteiger partial charge in [-0.3, -0.25) is 4.99 Å². The topological polar surface area (TPSA) is 70.4 Å². The minimum absolute atomic E-state index is 0.818. The number of aliphatic imine (C=N–C) groups is 1. The van der Waals surface area contributed by atoms with E-state index in [4.69, 9.17) is 4.99 Å². The second kappa shape index (κ2) is 10.3. The summed E-state index contributed by atoms with van der Waals surface area (Å²) < 4.78 is 2.09. The highest BCUT2D eigenvalue weighted by Gasteiger charge is 2.14. The van der Waals surface area contributed by atoms with Crippen molar-refractivity contribution in [2.24, 2.45) is 10.9 Å². The number of aryl methyl sites for hydroxylation is 1. The molecule has 7 heteroatoms. The summed E-state index contributed by atoms with van der Waals surface area (Å²) >= 11 is 0. The van der Waals surface area contributed by atoms with Gasteiger partial charge in [-0.2, -0.15) is 0 Å². The van der Waals surface area contributed by atoms with Crippen LogP contribution in [0.5, 0.6) is 0 Å². The molecule has 1 saturated heterocycles. The van der Waals surface area contributed by atoms with Crippen LogP contribution in [0.25, 0.3) is 0 Å². The fourth-order valence-corrected chi connectivity index (χ4v) is 2.96. The van der Waals surface area contributed by atoms with Crippen molar-refractivity contribution in [3.63, 3.8) is 0 Å². The third-order valence-electron chi connectivity index (χ3n) is 4.56. The van der Waals surface area contributed by atoms with Gasteiger partial charge in [0.15, 0.2) is 5.96 Å². The van der Waals surface area contributed by atoms with Gasteiger partial charge in [-0.1, -0.05) is 13.8 Å². The van der Waals surface area contributed by atoms with Crippen LogP contribution in [0.1, 0.15) is 39.4 Å². The van der Waals surface area contributed by atoms with Gasteiger partial charge in [0.2, 0.25) is 0 Å². The fraction of sp³-hybridized carbons (Fsp3) is 0.824. The van der Waals surface area contributed by atoms with Crippen molar-refractivity contribution in [1.82, 2.24) is 30.3 Å². The van der Waals surface area contributed by atoms with Crippen LogP contribution in [-0.4, -0.2) is 64.9 Å². The van der Waals surface area contributed by atoms with Gasteiger partial charge in [0.05, 0.1) is 6.54 Å². The van der Waals surface area contributed by atoms with Crippen molar-refractivity contribution < 1.29 is 0 Å². The first-order chi connectivity index (χ1) is 11.7. The molecule has 0 aromatic carbocycles. The Bertz CT molecular complexity index is 489. The van der Waals surface area contributed by atoms with E-state index in [9.17, 15) is 0 Å². The van der Waals surface area contributed by atoms with Gasteiger partial charge in [0.25, 0.3) is 0 Å². The molecule has 2 heterocycles. The van der Waals surface area contributed by atoms with Crippen molar-refractivity contribution in [1.29, 1.82) is 0 Å². The average molecular weight is 336 g/mol. The normalized spacial score (nSPS) is 17.2. The van der Waals surface area contributed by atoms with Gasteiger partial charge < -0.3 is 20.1 Å². The SMILES string of the molecule is CCNC(=NCCN1CCC(C)CC1)NCCn1cnnc1CC. The lowest BCUT2D eigenvalue weighted by atomic mass is 9.99. The lowest BCUT2D eigenvalue weighted by Crippen LogP contribution is -2.40. The van der Waals surface area contributed by atoms with E-state index in [0.717, 1.165) is 56.8 Å². The number of hydrogen-bond donors (Lipinski definition) is 2. The Kier molecular flexibility index (Phi) is 8.01. The molecule has 7 nitrogen and oxygen atoms in total. The predicted octanol–water partition coefficient (Wildman–Crippen LogP) is 1.13. The van der Waals surface area contributed by atoms with Crippen molar-refractivity contribution in [3.05, 3.63) is 12.2 Å². The number of rotatable bonds is 8. The van der Waals surface area contributed by atoms with Gasteiger partial charge >= 0.3 is 0 Å². The zero-order valence-corrected chi connectivity index (χ0v) is 15.5. The molecular formula is C17H33N7. The summed E-state index contributed by atoms with van der Waals surface area (Å²) in [5.74, 6) is 2.81. The number of hydrogen-bond acceptors (Lipinski definition) is 4. The molecule has 0 unspecified atom stereocenters. The van der Waals surface area contributed by atoms with Crippen LogP contribution >= 0.6 is 0 Å². The molecule has 0 saturated carbocycles. The number of nitrogens with zero attached hydrogens (tertiary/aromatic N) is 5. The summed E-state index contributed by atoms with van der Waals surface area (Å²) in [6.07, 6.45) is 5.34. The van der Waals surface area contributed by atoms with E-state index < -0.39 is 0 Å². The summed E-state index contributed by atoms with van der Waals surface area (Å²) in [6, 6.07) is 0. The Morgan fingerprint density at radius 1 is 1.25 bits per heavy atom. The molecule has 1 aliphatic heterocycles. The largest absolute Gasteiger partial charge is 0.357 e. The minimum atomic E-state index is 0.818. The summed E-state index contributed by atoms with van der Waals surface area (Å²) in [5.41, 5.74) is 0. The number of nitrogens with one attached hydrogen (secondary N) is 2. The Hall–Kier alpha value is -1.63. The molecule has 24 heavy (non-hydrogen) atoms. The number of guanidine groups is 1. The van der Waals surface area contributed by atoms with Crippen LogP contribution in [0, 0.1) is 5.92 Å². The van der Waals surface area contributed by atoms with Crippen LogP contribution < -0.4 is 10.6 Å². The average Bonchev–Trinajstić information content (AvgIpc) is 3.04. The standard InChI is InChI=1S/C17H33N7/c1-4-16-22-21-14-24(16)13-9-20-17(18-5-2)19-8-12-23-10-6-15(3)7-11-23/h14-15H,4-13H2,1-3H3,(H2,18,19,20). The highest BCUT2D eigenvalue weighted by atomic mass is 15.3. The quantitative estimate of drug-likeness (QED) is 0.550. The molecule has 0 amide bonds. The maximum Gasteiger partial charge on any atom is 0.191 e. The van der Waals surface area contributed by atoms with E-state index in [1.807, 2.05) is 0 Å². The zero-order valence-electron chi connectivity index (χ0n) is 15.5. The smallest absolute Gasteiger partial charge is 0.191 e. The van der Waals surface area contributed by atoms with Gasteiger partial charge in [-0.05, 0) is 38.8 Å². The van der Waals surface area contributed by atoms with E-state index in [1.54, 1.807) is 6.33 Å². The summed E-state index contributed by atoms with van der Waals surface area (Å²) in [6.45, 7) is 13.4. The molecule has 1 aromatic rings. The van der Waals surface area contributed by atoms with E-state index in [0.29, 0.717) is 0 Å². The first kappa shape index (κ1) is 18.7. The molecule has 2 N–H and O–H groups in total. The van der Waals surface area contributed by atoms with Gasteiger partial charge in [-0.15, -0.1) is 10.2 Å². The molecule has 0 atom stereocenters. The van der Waals surface area contributed by atoms with Gasteiger partial charge in [0.1, 0.15) is 12.2 Å². The Morgan fingerprint density at radius 3 is 2.75 bits per heavy atom. The number of piperidine rings is 1. The Balaban J connectivity index is 1.72. The van der Waals surface area contributed by atoms with E-state index in [1.165, 1.54) is 25.9 Å². The lowest BCUT2D eigenvalue weighted by Gasteiger charge is -2.29. The molecule has 0 spiro atoms. The molecule has 1 aromatic heterocycles. The molecule has 0 radical (unpaired) electrons. The molecule has 1 aliphatic rings. The van der Waals surface area contributed by atoms with Crippen molar-refractivity contribution in [2.45, 2.75) is 46.6 Å². The third-order valence-corrected chi connectivity index (χ3v) is 4.56. The van der Waals surface area contributed by atoms with Crippen molar-refractivity contribution in [2.75, 3.05) is 39.3 Å². The first-order valence-corrected chi connectivity index (χ1v) is 9.34. The molecule has 2 rings (SSSR count). The zero-order chi connectivity index (χ0) is 17.2. The van der Waals surface area contributed by atoms with Crippen molar-refractivity contribution >= 4 is 5.96 Å². The Morgan fingerprint density at radius 2 is 2.04 bits per heavy atom. The maximum atomic E-state index is 4.70. The second-order valence-electron chi connectivity index (χ2n) is 6.51. The predicted molar refractivity (Wildman–Crippen MR) is 98.2 cm³/mol. The first-order valence-electron chi connectivity index (χ1n) is 9.34. The molecule has 136 valence electrons. The number of aromatic nitrogens is 3. The molecule has 0 bridgehead atoms. The maximum absolute atomic E-state index is 4.70. The molecule has 0 aliphatic carbocycles. The van der Waals surface area contributed by atoms with Crippen LogP contribution in [-0.2, 0) is 13.0 Å². The van der Waals surface area contributed by atoms with Crippen LogP contribution in [0.4, 0.5) is 0 Å². The second-order valence-corrected chi connectivity index (χ2v) is 6.51. The fourth-order valence-electron chi connectivity index (χ4n) is 2.96. The third kappa shape index (κ3) is 6.11. The van der Waals surface area contributed by atoms with Crippen molar-refractivity contribution in [3.8, 4) is 0 Å². The minimum Gasteiger partial charge on any atom is -0.357 e. The molecular weight excluding hydrogens is 302 g/mol. The van der Waals surface area contributed by atoms with E-state index >= 15 is 0 Å². The lowest BCUT2D eigenvalue weighted by molar-refractivity contribution is 0.197. The highest BCUT2D eigenvalue weighted by Crippen LogP contribution is 2.15. The highest BCUT2D eigenvalue weighted by molar-refractivity contribution is 5.79. The van der Waals surface area contributed by atoms with Crippen LogP contribution in [0.15, 0.2) is 11.3 Å². The van der Waals surface area contributed by atoms with E-state index in [2.05, 4.69) is 51.1 Å². The van der Waals surface area contributed by atoms with Gasteiger partial charge in [0, 0.05) is 32.6 Å². The summed E-state index contributed by atoms with van der Waals surface area (Å²) in [5, 5.41) is 14.8. The summed E-state index contributed by atoms with van der Waals surface area (Å²) in [4.78, 5) is 7.23. The van der Waals surface area contributed by atoms with Crippen LogP contribution in [0.3, 0.4) is 0 Å². The van der Waals surface area contributed by atoms with Gasteiger partial charge in [-0.25, -0.2) is 0 Å². The van der Waals surface area contributed by atoms with Crippen LogP contribution in [0.2, 0.25) is 0 Å².